The van der Waals surface area contributed by atoms with Crippen LogP contribution in [0.3, 0.4) is 0 Å². The van der Waals surface area contributed by atoms with Gasteiger partial charge in [0.2, 0.25) is 17.6 Å². The quantitative estimate of drug-likeness (QED) is 0.681. The molecule has 0 spiro atoms. The molecule has 4 rings (SSSR count). The summed E-state index contributed by atoms with van der Waals surface area (Å²) in [5.74, 6) is -0.0750. The molecule has 1 amide bonds. The Bertz CT molecular complexity index is 1260. The van der Waals surface area contributed by atoms with Gasteiger partial charge >= 0.3 is 5.69 Å². The van der Waals surface area contributed by atoms with Crippen molar-refractivity contribution in [2.75, 3.05) is 5.32 Å². The Labute approximate surface area is 176 Å². The normalized spacial score (nSPS) is 13.2. The van der Waals surface area contributed by atoms with Crippen LogP contribution < -0.4 is 16.6 Å². The van der Waals surface area contributed by atoms with Crippen molar-refractivity contribution >= 4 is 23.2 Å². The summed E-state index contributed by atoms with van der Waals surface area (Å²) in [5, 5.41) is 7.04. The van der Waals surface area contributed by atoms with Crippen LogP contribution in [-0.4, -0.2) is 25.2 Å². The van der Waals surface area contributed by atoms with E-state index in [0.717, 1.165) is 23.0 Å². The molecule has 0 saturated carbocycles. The minimum atomic E-state index is -0.606. The van der Waals surface area contributed by atoms with Crippen molar-refractivity contribution in [2.45, 2.75) is 46.2 Å². The zero-order valence-corrected chi connectivity index (χ0v) is 17.3. The first kappa shape index (κ1) is 20.1. The van der Waals surface area contributed by atoms with Crippen molar-refractivity contribution < 1.29 is 9.32 Å². The van der Waals surface area contributed by atoms with E-state index in [1.165, 1.54) is 4.57 Å². The maximum absolute atomic E-state index is 13.2. The second-order valence-electron chi connectivity index (χ2n) is 7.25. The molecule has 2 aromatic heterocycles. The summed E-state index contributed by atoms with van der Waals surface area (Å²) in [5.41, 5.74) is 1.02. The average molecular weight is 430 g/mol. The summed E-state index contributed by atoms with van der Waals surface area (Å²) in [4.78, 5) is 42.9. The maximum atomic E-state index is 13.2. The van der Waals surface area contributed by atoms with E-state index in [1.54, 1.807) is 25.1 Å². The fraction of sp³-hybridized carbons (Fsp3) is 0.350. The molecule has 9 nitrogen and oxygen atoms in total. The molecule has 1 aliphatic heterocycles. The fourth-order valence-electron chi connectivity index (χ4n) is 3.57. The molecule has 0 atom stereocenters. The molecule has 1 N–H and O–H groups in total. The Morgan fingerprint density at radius 1 is 1.27 bits per heavy atom. The van der Waals surface area contributed by atoms with Gasteiger partial charge in [-0.2, -0.15) is 4.98 Å². The van der Waals surface area contributed by atoms with E-state index in [9.17, 15) is 14.4 Å². The number of rotatable bonds is 4. The summed E-state index contributed by atoms with van der Waals surface area (Å²) in [6.45, 7) is 3.50. The lowest BCUT2D eigenvalue weighted by Gasteiger charge is -2.21. The van der Waals surface area contributed by atoms with Crippen LogP contribution in [0, 0.1) is 13.8 Å². The monoisotopic (exact) mass is 429 g/mol. The molecule has 156 valence electrons. The first-order chi connectivity index (χ1) is 14.3. The molecule has 0 radical (unpaired) electrons. The van der Waals surface area contributed by atoms with Crippen molar-refractivity contribution in [3.63, 3.8) is 0 Å². The van der Waals surface area contributed by atoms with E-state index in [1.807, 2.05) is 6.92 Å². The van der Waals surface area contributed by atoms with E-state index in [2.05, 4.69) is 15.5 Å². The van der Waals surface area contributed by atoms with E-state index in [4.69, 9.17) is 16.1 Å². The number of aromatic nitrogens is 4. The number of hydrogen-bond acceptors (Lipinski definition) is 6. The second kappa shape index (κ2) is 7.91. The highest BCUT2D eigenvalue weighted by molar-refractivity contribution is 6.31. The summed E-state index contributed by atoms with van der Waals surface area (Å²) < 4.78 is 7.47. The van der Waals surface area contributed by atoms with Crippen LogP contribution in [0.4, 0.5) is 5.69 Å². The van der Waals surface area contributed by atoms with Gasteiger partial charge in [0.15, 0.2) is 0 Å². The first-order valence-corrected chi connectivity index (χ1v) is 9.96. The molecule has 3 aromatic rings. The lowest BCUT2D eigenvalue weighted by Crippen LogP contribution is -2.45. The third-order valence-corrected chi connectivity index (χ3v) is 5.50. The number of amides is 1. The molecular formula is C20H20ClN5O4. The number of aryl methyl sites for hydroxylation is 2. The molecule has 0 aliphatic carbocycles. The summed E-state index contributed by atoms with van der Waals surface area (Å²) in [7, 11) is 0. The smallest absolute Gasteiger partial charge is 0.331 e. The van der Waals surface area contributed by atoms with Gasteiger partial charge in [0, 0.05) is 29.9 Å². The van der Waals surface area contributed by atoms with Crippen LogP contribution in [0.15, 0.2) is 32.3 Å². The predicted molar refractivity (Wildman–Crippen MR) is 111 cm³/mol. The van der Waals surface area contributed by atoms with Crippen molar-refractivity contribution in [2.24, 2.45) is 0 Å². The number of anilines is 1. The topological polar surface area (TPSA) is 112 Å². The Morgan fingerprint density at radius 3 is 2.77 bits per heavy atom. The summed E-state index contributed by atoms with van der Waals surface area (Å²) in [6.07, 6.45) is 2.22. The summed E-state index contributed by atoms with van der Waals surface area (Å²) in [6, 6.07) is 5.09. The number of carbonyl (C=O) groups excluding carboxylic acids is 1. The zero-order chi connectivity index (χ0) is 21.4. The average Bonchev–Trinajstić information content (AvgIpc) is 3.14. The number of carbonyl (C=O) groups is 1. The van der Waals surface area contributed by atoms with E-state index in [0.29, 0.717) is 35.3 Å². The lowest BCUT2D eigenvalue weighted by atomic mass is 10.0. The first-order valence-electron chi connectivity index (χ1n) is 9.58. The fourth-order valence-corrected chi connectivity index (χ4v) is 3.75. The second-order valence-corrected chi connectivity index (χ2v) is 7.66. The molecule has 1 aliphatic rings. The molecule has 0 fully saturated rings. The van der Waals surface area contributed by atoms with Gasteiger partial charge < -0.3 is 9.84 Å². The van der Waals surface area contributed by atoms with E-state index in [-0.39, 0.29) is 11.4 Å². The van der Waals surface area contributed by atoms with Gasteiger partial charge in [-0.1, -0.05) is 22.8 Å². The number of halogens is 1. The van der Waals surface area contributed by atoms with Crippen molar-refractivity contribution in [3.8, 4) is 11.4 Å². The highest BCUT2D eigenvalue weighted by atomic mass is 35.5. The van der Waals surface area contributed by atoms with E-state index < -0.39 is 23.7 Å². The summed E-state index contributed by atoms with van der Waals surface area (Å²) >= 11 is 6.10. The van der Waals surface area contributed by atoms with Crippen molar-refractivity contribution in [1.29, 1.82) is 0 Å². The van der Waals surface area contributed by atoms with Gasteiger partial charge in [0.05, 0.1) is 0 Å². The molecule has 0 unspecified atom stereocenters. The molecule has 10 heteroatoms. The highest BCUT2D eigenvalue weighted by Gasteiger charge is 2.26. The van der Waals surface area contributed by atoms with Crippen LogP contribution in [0.1, 0.15) is 30.0 Å². The van der Waals surface area contributed by atoms with Gasteiger partial charge in [-0.05, 0) is 43.9 Å². The van der Waals surface area contributed by atoms with Crippen molar-refractivity contribution in [3.05, 3.63) is 61.2 Å². The Morgan fingerprint density at radius 2 is 2.07 bits per heavy atom. The van der Waals surface area contributed by atoms with Gasteiger partial charge in [0.25, 0.3) is 5.56 Å². The minimum absolute atomic E-state index is 0.127. The van der Waals surface area contributed by atoms with Gasteiger partial charge in [-0.3, -0.25) is 18.7 Å². The standard InChI is InChI=1S/C20H20ClN5O4/c1-11-6-7-13(9-14(11)21)23-16(27)10-26-19(28)17(18-22-12(2)30-24-18)15-5-3-4-8-25(15)20(26)29/h6-7,9H,3-5,8,10H2,1-2H3,(H,23,27). The third kappa shape index (κ3) is 3.68. The number of hydrogen-bond donors (Lipinski definition) is 1. The third-order valence-electron chi connectivity index (χ3n) is 5.09. The Kier molecular flexibility index (Phi) is 5.29. The molecule has 0 saturated heterocycles. The molecule has 0 bridgehead atoms. The number of nitrogens with zero attached hydrogens (tertiary/aromatic N) is 4. The Hall–Kier alpha value is -3.20. The van der Waals surface area contributed by atoms with Gasteiger partial charge in [0.1, 0.15) is 12.1 Å². The number of nitrogens with one attached hydrogen (secondary N) is 1. The largest absolute Gasteiger partial charge is 0.339 e. The van der Waals surface area contributed by atoms with Crippen LogP contribution >= 0.6 is 11.6 Å². The van der Waals surface area contributed by atoms with Crippen LogP contribution in [0.2, 0.25) is 5.02 Å². The Balaban J connectivity index is 1.74. The zero-order valence-electron chi connectivity index (χ0n) is 16.6. The molecular weight excluding hydrogens is 410 g/mol. The molecule has 1 aromatic carbocycles. The lowest BCUT2D eigenvalue weighted by molar-refractivity contribution is -0.116. The highest BCUT2D eigenvalue weighted by Crippen LogP contribution is 2.22. The van der Waals surface area contributed by atoms with E-state index >= 15 is 0 Å². The maximum Gasteiger partial charge on any atom is 0.331 e. The molecule has 30 heavy (non-hydrogen) atoms. The van der Waals surface area contributed by atoms with Crippen LogP contribution in [-0.2, 0) is 24.3 Å². The number of fused-ring (bicyclic) bond motifs is 1. The van der Waals surface area contributed by atoms with Crippen LogP contribution in [0.5, 0.6) is 0 Å². The van der Waals surface area contributed by atoms with Crippen LogP contribution in [0.25, 0.3) is 11.4 Å². The number of benzene rings is 1. The van der Waals surface area contributed by atoms with Gasteiger partial charge in [-0.25, -0.2) is 4.79 Å². The molecule has 3 heterocycles. The predicted octanol–water partition coefficient (Wildman–Crippen LogP) is 2.31. The minimum Gasteiger partial charge on any atom is -0.339 e. The van der Waals surface area contributed by atoms with Gasteiger partial charge in [-0.15, -0.1) is 0 Å². The SMILES string of the molecule is Cc1nc(-c2c3n(c(=O)n(CC(=O)Nc4ccc(C)c(Cl)c4)c2=O)CCCC3)no1. The van der Waals surface area contributed by atoms with Crippen molar-refractivity contribution in [1.82, 2.24) is 19.3 Å².